The highest BCUT2D eigenvalue weighted by atomic mass is 32.1. The van der Waals surface area contributed by atoms with Gasteiger partial charge in [0.25, 0.3) is 0 Å². The maximum absolute atomic E-state index is 6.88. The maximum atomic E-state index is 6.88. The molecule has 0 saturated carbocycles. The fraction of sp³-hybridized carbons (Fsp3) is 0. The molecule has 12 rings (SSSR count). The Hall–Kier alpha value is -7.20. The predicted octanol–water partition coefficient (Wildman–Crippen LogP) is 16.2. The number of fused-ring (bicyclic) bond motifs is 10. The van der Waals surface area contributed by atoms with Crippen molar-refractivity contribution in [3.8, 4) is 22.3 Å². The first-order chi connectivity index (χ1) is 28.2. The van der Waals surface area contributed by atoms with Gasteiger partial charge in [0.05, 0.1) is 11.1 Å². The van der Waals surface area contributed by atoms with Gasteiger partial charge in [-0.05, 0) is 97.7 Å². The summed E-state index contributed by atoms with van der Waals surface area (Å²) in [5.74, 6) is 0. The van der Waals surface area contributed by atoms with Crippen LogP contribution in [0, 0.1) is 0 Å². The van der Waals surface area contributed by atoms with Crippen molar-refractivity contribution in [2.24, 2.45) is 0 Å². The molecule has 0 atom stereocenters. The van der Waals surface area contributed by atoms with Gasteiger partial charge >= 0.3 is 0 Å². The fourth-order valence-corrected chi connectivity index (χ4v) is 10.2. The molecule has 12 aromatic rings. The van der Waals surface area contributed by atoms with Gasteiger partial charge in [0.2, 0.25) is 0 Å². The monoisotopic (exact) mass is 743 g/mol. The van der Waals surface area contributed by atoms with Crippen molar-refractivity contribution in [1.29, 1.82) is 0 Å². The molecule has 0 radical (unpaired) electrons. The topological polar surface area (TPSA) is 16.4 Å². The van der Waals surface area contributed by atoms with Gasteiger partial charge in [-0.25, -0.2) is 0 Å². The first-order valence-electron chi connectivity index (χ1n) is 19.4. The first kappa shape index (κ1) is 32.1. The molecule has 57 heavy (non-hydrogen) atoms. The third kappa shape index (κ3) is 5.10. The van der Waals surface area contributed by atoms with Gasteiger partial charge in [0.15, 0.2) is 0 Å². The Balaban J connectivity index is 1.07. The van der Waals surface area contributed by atoms with E-state index in [-0.39, 0.29) is 0 Å². The van der Waals surface area contributed by atoms with Gasteiger partial charge in [-0.2, -0.15) is 0 Å². The Kier molecular flexibility index (Phi) is 7.13. The summed E-state index contributed by atoms with van der Waals surface area (Å²) in [6, 6.07) is 72.7. The van der Waals surface area contributed by atoms with Gasteiger partial charge in [0.1, 0.15) is 11.2 Å². The molecule has 0 spiro atoms. The minimum absolute atomic E-state index is 0.864. The largest absolute Gasteiger partial charge is 0.455 e. The molecule has 0 aliphatic rings. The average molecular weight is 744 g/mol. The molecular weight excluding hydrogens is 711 g/mol. The van der Waals surface area contributed by atoms with Crippen LogP contribution in [-0.2, 0) is 0 Å². The summed E-state index contributed by atoms with van der Waals surface area (Å²) in [6.45, 7) is 0. The van der Waals surface area contributed by atoms with E-state index in [0.717, 1.165) is 44.4 Å². The van der Waals surface area contributed by atoms with Crippen LogP contribution in [0.15, 0.2) is 205 Å². The molecule has 0 bridgehead atoms. The van der Waals surface area contributed by atoms with Gasteiger partial charge in [-0.3, -0.25) is 0 Å². The first-order valence-corrected chi connectivity index (χ1v) is 20.2. The van der Waals surface area contributed by atoms with E-state index in [1.807, 2.05) is 11.3 Å². The van der Waals surface area contributed by atoms with Gasteiger partial charge < -0.3 is 9.32 Å². The lowest BCUT2D eigenvalue weighted by Crippen LogP contribution is -2.10. The Bertz CT molecular complexity index is 3460. The summed E-state index contributed by atoms with van der Waals surface area (Å²) < 4.78 is 9.53. The molecule has 0 N–H and O–H groups in total. The molecule has 10 aromatic carbocycles. The van der Waals surface area contributed by atoms with Crippen LogP contribution in [0.5, 0.6) is 0 Å². The molecule has 0 unspecified atom stereocenters. The lowest BCUT2D eigenvalue weighted by Gasteiger charge is -2.27. The van der Waals surface area contributed by atoms with Crippen molar-refractivity contribution in [3.05, 3.63) is 200 Å². The normalized spacial score (nSPS) is 11.9. The van der Waals surface area contributed by atoms with E-state index in [1.54, 1.807) is 0 Å². The zero-order chi connectivity index (χ0) is 37.5. The van der Waals surface area contributed by atoms with Crippen molar-refractivity contribution < 1.29 is 4.42 Å². The van der Waals surface area contributed by atoms with E-state index in [1.165, 1.54) is 69.4 Å². The Morgan fingerprint density at radius 2 is 0.965 bits per heavy atom. The number of rotatable bonds is 5. The molecule has 0 amide bonds. The molecular formula is C54H33NOS. The lowest BCUT2D eigenvalue weighted by molar-refractivity contribution is 0.672. The van der Waals surface area contributed by atoms with Crippen LogP contribution in [-0.4, -0.2) is 0 Å². The van der Waals surface area contributed by atoms with E-state index in [9.17, 15) is 0 Å². The highest BCUT2D eigenvalue weighted by Gasteiger charge is 2.22. The van der Waals surface area contributed by atoms with E-state index < -0.39 is 0 Å². The summed E-state index contributed by atoms with van der Waals surface area (Å²) in [6.07, 6.45) is 0. The standard InChI is InChI=1S/C54H33NOS/c1-3-13-38-31-40(29-27-34(38)11-1)55(41-30-28-35-12-2-4-14-39(35)32-41)49-20-10-21-50-52(49)48-33-47(43-15-5-6-17-45(43)53(48)56-50)37-25-23-36(24-26-37)42-18-9-19-46-44-16-7-8-22-51(44)57-54(42)46/h1-33H. The number of hydrogen-bond donors (Lipinski definition) is 0. The van der Waals surface area contributed by atoms with Crippen LogP contribution in [0.1, 0.15) is 0 Å². The number of thiophene rings is 1. The smallest absolute Gasteiger partial charge is 0.143 e. The molecule has 266 valence electrons. The molecule has 2 heterocycles. The lowest BCUT2D eigenvalue weighted by atomic mass is 9.93. The molecule has 3 heteroatoms. The van der Waals surface area contributed by atoms with E-state index in [0.29, 0.717) is 0 Å². The van der Waals surface area contributed by atoms with Crippen LogP contribution in [0.2, 0.25) is 0 Å². The fourth-order valence-electron chi connectivity index (χ4n) is 8.92. The van der Waals surface area contributed by atoms with E-state index in [2.05, 4.69) is 205 Å². The van der Waals surface area contributed by atoms with Crippen molar-refractivity contribution in [2.45, 2.75) is 0 Å². The molecule has 2 nitrogen and oxygen atoms in total. The molecule has 0 aliphatic carbocycles. The van der Waals surface area contributed by atoms with Crippen molar-refractivity contribution in [1.82, 2.24) is 0 Å². The van der Waals surface area contributed by atoms with Crippen LogP contribution < -0.4 is 4.90 Å². The quantitative estimate of drug-likeness (QED) is 0.175. The molecule has 2 aromatic heterocycles. The van der Waals surface area contributed by atoms with Crippen LogP contribution in [0.4, 0.5) is 17.1 Å². The number of nitrogens with zero attached hydrogens (tertiary/aromatic N) is 1. The summed E-state index contributed by atoms with van der Waals surface area (Å²) >= 11 is 1.88. The van der Waals surface area contributed by atoms with Gasteiger partial charge in [-0.1, -0.05) is 152 Å². The number of benzene rings is 10. The predicted molar refractivity (Wildman–Crippen MR) is 245 cm³/mol. The highest BCUT2D eigenvalue weighted by Crippen LogP contribution is 2.47. The highest BCUT2D eigenvalue weighted by molar-refractivity contribution is 7.26. The third-order valence-electron chi connectivity index (χ3n) is 11.6. The average Bonchev–Trinajstić information content (AvgIpc) is 3.86. The Morgan fingerprint density at radius 3 is 1.68 bits per heavy atom. The second-order valence-corrected chi connectivity index (χ2v) is 15.9. The second kappa shape index (κ2) is 12.7. The minimum atomic E-state index is 0.864. The third-order valence-corrected chi connectivity index (χ3v) is 12.8. The SMILES string of the molecule is c1ccc2cc(N(c3ccc4ccccc4c3)c3cccc4oc5c6ccccc6c(-c6ccc(-c7cccc8c7sc7ccccc78)cc6)cc5c34)ccc2c1. The van der Waals surface area contributed by atoms with Crippen molar-refractivity contribution in [3.63, 3.8) is 0 Å². The number of anilines is 3. The zero-order valence-electron chi connectivity index (χ0n) is 30.8. The molecule has 0 fully saturated rings. The Morgan fingerprint density at radius 1 is 0.386 bits per heavy atom. The summed E-state index contributed by atoms with van der Waals surface area (Å²) in [5, 5.41) is 11.9. The van der Waals surface area contributed by atoms with E-state index in [4.69, 9.17) is 4.42 Å². The minimum Gasteiger partial charge on any atom is -0.455 e. The van der Waals surface area contributed by atoms with E-state index >= 15 is 0 Å². The number of hydrogen-bond acceptors (Lipinski definition) is 3. The van der Waals surface area contributed by atoms with Crippen molar-refractivity contribution >= 4 is 103 Å². The molecule has 0 saturated heterocycles. The summed E-state index contributed by atoms with van der Waals surface area (Å²) in [4.78, 5) is 2.40. The zero-order valence-corrected chi connectivity index (χ0v) is 31.6. The second-order valence-electron chi connectivity index (χ2n) is 14.9. The van der Waals surface area contributed by atoms with Gasteiger partial charge in [-0.15, -0.1) is 11.3 Å². The van der Waals surface area contributed by atoms with Gasteiger partial charge in [0, 0.05) is 42.3 Å². The van der Waals surface area contributed by atoms with Crippen molar-refractivity contribution in [2.75, 3.05) is 4.90 Å². The number of furan rings is 1. The Labute approximate surface area is 333 Å². The molecule has 0 aliphatic heterocycles. The van der Waals surface area contributed by atoms with Crippen LogP contribution >= 0.6 is 11.3 Å². The summed E-state index contributed by atoms with van der Waals surface area (Å²) in [5.41, 5.74) is 9.88. The van der Waals surface area contributed by atoms with Crippen LogP contribution in [0.25, 0.3) is 96.7 Å². The maximum Gasteiger partial charge on any atom is 0.143 e. The van der Waals surface area contributed by atoms with Crippen LogP contribution in [0.3, 0.4) is 0 Å². The summed E-state index contributed by atoms with van der Waals surface area (Å²) in [7, 11) is 0.